The fraction of sp³-hybridized carbons (Fsp3) is 0.133. The zero-order valence-electron chi connectivity index (χ0n) is 10.8. The first-order valence-corrected chi connectivity index (χ1v) is 6.05. The van der Waals surface area contributed by atoms with E-state index in [-0.39, 0.29) is 0 Å². The van der Waals surface area contributed by atoms with E-state index in [2.05, 4.69) is 21.2 Å². The quantitative estimate of drug-likeness (QED) is 0.700. The van der Waals surface area contributed by atoms with Crippen LogP contribution in [0.1, 0.15) is 11.5 Å². The maximum atomic E-state index is 5.08. The highest BCUT2D eigenvalue weighted by Gasteiger charge is 2.08. The van der Waals surface area contributed by atoms with E-state index in [0.717, 1.165) is 33.8 Å². The second-order valence-electron chi connectivity index (χ2n) is 4.41. The molecule has 3 rings (SSSR count). The molecule has 0 amide bonds. The fourth-order valence-electron chi connectivity index (χ4n) is 2.03. The van der Waals surface area contributed by atoms with Crippen molar-refractivity contribution in [2.45, 2.75) is 13.8 Å². The van der Waals surface area contributed by atoms with Crippen molar-refractivity contribution in [3.05, 3.63) is 54.3 Å². The zero-order valence-corrected chi connectivity index (χ0v) is 10.8. The van der Waals surface area contributed by atoms with E-state index in [0.29, 0.717) is 0 Å². The van der Waals surface area contributed by atoms with Crippen molar-refractivity contribution in [1.29, 1.82) is 0 Å². The van der Waals surface area contributed by atoms with E-state index in [1.54, 1.807) is 12.4 Å². The van der Waals surface area contributed by atoms with Crippen molar-refractivity contribution >= 4 is 0 Å². The van der Waals surface area contributed by atoms with Crippen LogP contribution in [0.2, 0.25) is 0 Å². The first-order valence-electron chi connectivity index (χ1n) is 6.05. The summed E-state index contributed by atoms with van der Waals surface area (Å²) in [6.45, 7) is 3.86. The number of hydrogen-bond donors (Lipinski definition) is 0. The van der Waals surface area contributed by atoms with Crippen LogP contribution in [0, 0.1) is 13.8 Å². The molecule has 0 atom stereocenters. The Hall–Kier alpha value is -2.49. The second-order valence-corrected chi connectivity index (χ2v) is 4.41. The number of hydrogen-bond acceptors (Lipinski definition) is 4. The highest BCUT2D eigenvalue weighted by Crippen LogP contribution is 2.26. The molecule has 0 unspecified atom stereocenters. The van der Waals surface area contributed by atoms with E-state index in [1.165, 1.54) is 0 Å². The highest BCUT2D eigenvalue weighted by atomic mass is 16.5. The number of aryl methyl sites for hydroxylation is 2. The largest absolute Gasteiger partial charge is 0.361 e. The van der Waals surface area contributed by atoms with Gasteiger partial charge in [0.1, 0.15) is 5.76 Å². The normalized spacial score (nSPS) is 10.6. The second kappa shape index (κ2) is 4.65. The first kappa shape index (κ1) is 11.6. The van der Waals surface area contributed by atoms with Crippen molar-refractivity contribution in [1.82, 2.24) is 15.1 Å². The van der Waals surface area contributed by atoms with Crippen LogP contribution in [-0.2, 0) is 0 Å². The molecule has 3 heterocycles. The minimum Gasteiger partial charge on any atom is -0.361 e. The van der Waals surface area contributed by atoms with Gasteiger partial charge in [-0.2, -0.15) is 0 Å². The lowest BCUT2D eigenvalue weighted by molar-refractivity contribution is 0.398. The molecule has 0 aliphatic carbocycles. The summed E-state index contributed by atoms with van der Waals surface area (Å²) in [5.74, 6) is 0.774. The molecular formula is C15H13N3O. The van der Waals surface area contributed by atoms with Gasteiger partial charge in [0.2, 0.25) is 0 Å². The maximum absolute atomic E-state index is 5.08. The van der Waals surface area contributed by atoms with Gasteiger partial charge in [-0.05, 0) is 49.2 Å². The summed E-state index contributed by atoms with van der Waals surface area (Å²) in [7, 11) is 0. The van der Waals surface area contributed by atoms with Gasteiger partial charge in [0.15, 0.2) is 0 Å². The van der Waals surface area contributed by atoms with Crippen LogP contribution >= 0.6 is 0 Å². The van der Waals surface area contributed by atoms with Crippen molar-refractivity contribution in [2.24, 2.45) is 0 Å². The first-order chi connectivity index (χ1) is 9.24. The Morgan fingerprint density at radius 1 is 0.947 bits per heavy atom. The molecular weight excluding hydrogens is 238 g/mol. The van der Waals surface area contributed by atoms with Crippen LogP contribution in [0.3, 0.4) is 0 Å². The average molecular weight is 251 g/mol. The van der Waals surface area contributed by atoms with Gasteiger partial charge in [-0.25, -0.2) is 0 Å². The van der Waals surface area contributed by atoms with Gasteiger partial charge in [-0.15, -0.1) is 0 Å². The molecule has 3 aromatic heterocycles. The number of nitrogens with zero attached hydrogens (tertiary/aromatic N) is 3. The molecule has 4 heteroatoms. The Morgan fingerprint density at radius 3 is 2.37 bits per heavy atom. The third-order valence-corrected chi connectivity index (χ3v) is 3.02. The van der Waals surface area contributed by atoms with Gasteiger partial charge in [0.25, 0.3) is 0 Å². The molecule has 4 nitrogen and oxygen atoms in total. The van der Waals surface area contributed by atoms with Crippen LogP contribution in [0.5, 0.6) is 0 Å². The topological polar surface area (TPSA) is 51.8 Å². The summed E-state index contributed by atoms with van der Waals surface area (Å²) in [5, 5.41) is 3.79. The van der Waals surface area contributed by atoms with Crippen LogP contribution in [-0.4, -0.2) is 15.1 Å². The molecule has 3 aromatic rings. The summed E-state index contributed by atoms with van der Waals surface area (Å²) < 4.78 is 5.08. The van der Waals surface area contributed by atoms with Crippen LogP contribution < -0.4 is 0 Å². The average Bonchev–Trinajstić information content (AvgIpc) is 2.85. The van der Waals surface area contributed by atoms with E-state index in [4.69, 9.17) is 4.52 Å². The van der Waals surface area contributed by atoms with Gasteiger partial charge < -0.3 is 4.52 Å². The predicted octanol–water partition coefficient (Wildman–Crippen LogP) is 3.42. The Kier molecular flexibility index (Phi) is 2.83. The maximum Gasteiger partial charge on any atom is 0.143 e. The lowest BCUT2D eigenvalue weighted by Crippen LogP contribution is -1.87. The summed E-state index contributed by atoms with van der Waals surface area (Å²) in [6, 6.07) is 8.07. The van der Waals surface area contributed by atoms with Gasteiger partial charge in [0, 0.05) is 18.1 Å². The Morgan fingerprint density at radius 2 is 1.68 bits per heavy atom. The molecule has 0 fully saturated rings. The molecule has 0 radical (unpaired) electrons. The smallest absolute Gasteiger partial charge is 0.143 e. The Bertz CT molecular complexity index is 719. The monoisotopic (exact) mass is 251 g/mol. The minimum absolute atomic E-state index is 0.774. The van der Waals surface area contributed by atoms with Crippen molar-refractivity contribution < 1.29 is 4.52 Å². The molecule has 0 spiro atoms. The minimum atomic E-state index is 0.774. The Labute approximate surface area is 111 Å². The molecule has 0 saturated carbocycles. The van der Waals surface area contributed by atoms with Gasteiger partial charge >= 0.3 is 0 Å². The summed E-state index contributed by atoms with van der Waals surface area (Å²) >= 11 is 0. The third-order valence-electron chi connectivity index (χ3n) is 3.02. The summed E-state index contributed by atoms with van der Waals surface area (Å²) in [6.07, 6.45) is 5.31. The third kappa shape index (κ3) is 2.25. The van der Waals surface area contributed by atoms with Crippen LogP contribution in [0.15, 0.2) is 47.4 Å². The van der Waals surface area contributed by atoms with Gasteiger partial charge in [-0.3, -0.25) is 9.97 Å². The van der Waals surface area contributed by atoms with Crippen molar-refractivity contribution in [3.8, 4) is 22.4 Å². The van der Waals surface area contributed by atoms with E-state index >= 15 is 0 Å². The zero-order chi connectivity index (χ0) is 13.2. The lowest BCUT2D eigenvalue weighted by Gasteiger charge is -2.04. The van der Waals surface area contributed by atoms with Crippen molar-refractivity contribution in [3.63, 3.8) is 0 Å². The number of pyridine rings is 2. The number of rotatable bonds is 2. The molecule has 0 aromatic carbocycles. The lowest BCUT2D eigenvalue weighted by atomic mass is 10.0. The van der Waals surface area contributed by atoms with E-state index in [1.807, 2.05) is 38.2 Å². The molecule has 0 N–H and O–H groups in total. The SMILES string of the molecule is Cc1cc(-c2ccnc(-c3cnoc3C)c2)ccn1. The molecule has 0 saturated heterocycles. The van der Waals surface area contributed by atoms with Gasteiger partial charge in [0.05, 0.1) is 17.5 Å². The number of aromatic nitrogens is 3. The highest BCUT2D eigenvalue weighted by molar-refractivity contribution is 5.70. The predicted molar refractivity (Wildman–Crippen MR) is 72.4 cm³/mol. The standard InChI is InChI=1S/C15H13N3O/c1-10-7-12(3-5-16-10)13-4-6-17-15(8-13)14-9-18-19-11(14)2/h3-9H,1-2H3. The summed E-state index contributed by atoms with van der Waals surface area (Å²) in [4.78, 5) is 8.59. The molecule has 19 heavy (non-hydrogen) atoms. The van der Waals surface area contributed by atoms with Crippen molar-refractivity contribution in [2.75, 3.05) is 0 Å². The van der Waals surface area contributed by atoms with Crippen LogP contribution in [0.4, 0.5) is 0 Å². The molecule has 0 bridgehead atoms. The fourth-order valence-corrected chi connectivity index (χ4v) is 2.03. The molecule has 0 aliphatic heterocycles. The Balaban J connectivity index is 2.08. The summed E-state index contributed by atoms with van der Waals surface area (Å²) in [5.41, 5.74) is 5.02. The molecule has 0 aliphatic rings. The van der Waals surface area contributed by atoms with E-state index in [9.17, 15) is 0 Å². The molecule has 94 valence electrons. The van der Waals surface area contributed by atoms with Gasteiger partial charge in [-0.1, -0.05) is 5.16 Å². The van der Waals surface area contributed by atoms with E-state index < -0.39 is 0 Å². The van der Waals surface area contributed by atoms with Crippen LogP contribution in [0.25, 0.3) is 22.4 Å².